The molecule has 3 rings (SSSR count). The molecule has 0 N–H and O–H groups in total. The van der Waals surface area contributed by atoms with Crippen molar-refractivity contribution in [1.82, 2.24) is 0 Å². The summed E-state index contributed by atoms with van der Waals surface area (Å²) in [5, 5.41) is 0. The number of hydrogen-bond acceptors (Lipinski definition) is 3. The maximum absolute atomic E-state index is 5.80. The molecule has 0 aromatic heterocycles. The van der Waals surface area contributed by atoms with E-state index < -0.39 is 0 Å². The lowest BCUT2D eigenvalue weighted by atomic mass is 10.1. The fraction of sp³-hybridized carbons (Fsp3) is 0.429. The topological polar surface area (TPSA) is 27.7 Å². The summed E-state index contributed by atoms with van der Waals surface area (Å²) in [6.07, 6.45) is 5.42. The average molecular weight is 326 g/mol. The van der Waals surface area contributed by atoms with Crippen LogP contribution in [-0.4, -0.2) is 26.1 Å². The van der Waals surface area contributed by atoms with Crippen LogP contribution in [0.3, 0.4) is 0 Å². The van der Waals surface area contributed by atoms with Crippen molar-refractivity contribution in [3.05, 3.63) is 54.6 Å². The highest BCUT2D eigenvalue weighted by molar-refractivity contribution is 5.63. The first-order valence-corrected chi connectivity index (χ1v) is 8.93. The zero-order valence-electron chi connectivity index (χ0n) is 14.2. The van der Waals surface area contributed by atoms with E-state index in [1.807, 2.05) is 18.2 Å². The Hall–Kier alpha value is -1.84. The summed E-state index contributed by atoms with van der Waals surface area (Å²) in [6.45, 7) is 2.31. The zero-order chi connectivity index (χ0) is 16.5. The monoisotopic (exact) mass is 326 g/mol. The fourth-order valence-electron chi connectivity index (χ4n) is 2.83. The maximum atomic E-state index is 5.80. The van der Waals surface area contributed by atoms with Gasteiger partial charge in [-0.3, -0.25) is 0 Å². The van der Waals surface area contributed by atoms with Gasteiger partial charge in [-0.2, -0.15) is 0 Å². The van der Waals surface area contributed by atoms with Crippen LogP contribution in [0.2, 0.25) is 0 Å². The minimum absolute atomic E-state index is 0.0187. The van der Waals surface area contributed by atoms with Crippen molar-refractivity contribution in [2.24, 2.45) is 0 Å². The van der Waals surface area contributed by atoms with Crippen LogP contribution in [0.15, 0.2) is 54.6 Å². The summed E-state index contributed by atoms with van der Waals surface area (Å²) >= 11 is 0. The molecule has 1 aliphatic rings. The van der Waals surface area contributed by atoms with Gasteiger partial charge in [-0.05, 0) is 55.4 Å². The minimum Gasteiger partial charge on any atom is -0.494 e. The molecule has 0 amide bonds. The van der Waals surface area contributed by atoms with Crippen LogP contribution in [-0.2, 0) is 9.47 Å². The first-order chi connectivity index (χ1) is 11.9. The molecular weight excluding hydrogens is 300 g/mol. The molecule has 3 heteroatoms. The van der Waals surface area contributed by atoms with E-state index >= 15 is 0 Å². The normalized spacial score (nSPS) is 17.6. The Morgan fingerprint density at radius 1 is 0.833 bits per heavy atom. The number of benzene rings is 2. The maximum Gasteiger partial charge on any atom is 0.157 e. The molecule has 1 heterocycles. The van der Waals surface area contributed by atoms with E-state index in [2.05, 4.69) is 36.4 Å². The smallest absolute Gasteiger partial charge is 0.157 e. The first-order valence-electron chi connectivity index (χ1n) is 8.93. The van der Waals surface area contributed by atoms with Crippen molar-refractivity contribution >= 4 is 0 Å². The van der Waals surface area contributed by atoms with Crippen molar-refractivity contribution < 1.29 is 14.2 Å². The van der Waals surface area contributed by atoms with E-state index in [0.717, 1.165) is 51.3 Å². The van der Waals surface area contributed by atoms with Crippen LogP contribution in [0.5, 0.6) is 5.75 Å². The molecule has 0 bridgehead atoms. The third kappa shape index (κ3) is 5.36. The molecule has 1 aliphatic heterocycles. The Labute approximate surface area is 144 Å². The van der Waals surface area contributed by atoms with Crippen molar-refractivity contribution in [3.63, 3.8) is 0 Å². The largest absolute Gasteiger partial charge is 0.494 e. The van der Waals surface area contributed by atoms with Crippen LogP contribution in [0.4, 0.5) is 0 Å². The minimum atomic E-state index is 0.0187. The number of ether oxygens (including phenoxy) is 3. The van der Waals surface area contributed by atoms with Gasteiger partial charge in [-0.25, -0.2) is 0 Å². The van der Waals surface area contributed by atoms with Crippen molar-refractivity contribution in [2.75, 3.05) is 19.8 Å². The standard InChI is InChI=1S/C21H26O3/c1-2-8-18(9-3-1)19-11-13-20(14-12-19)22-15-6-7-17-24-21-10-4-5-16-23-21/h1-3,8-9,11-14,21H,4-7,10,15-17H2. The number of rotatable bonds is 8. The SMILES string of the molecule is c1ccc(-c2ccc(OCCCCOC3CCCCO3)cc2)cc1. The zero-order valence-corrected chi connectivity index (χ0v) is 14.2. The van der Waals surface area contributed by atoms with Crippen LogP contribution in [0, 0.1) is 0 Å². The predicted molar refractivity (Wildman–Crippen MR) is 96.2 cm³/mol. The molecule has 2 aromatic carbocycles. The average Bonchev–Trinajstić information content (AvgIpc) is 2.67. The molecule has 1 saturated heterocycles. The second-order valence-electron chi connectivity index (χ2n) is 6.11. The van der Waals surface area contributed by atoms with Gasteiger partial charge in [-0.1, -0.05) is 42.5 Å². The molecule has 1 unspecified atom stereocenters. The molecule has 0 saturated carbocycles. The lowest BCUT2D eigenvalue weighted by Gasteiger charge is -2.22. The van der Waals surface area contributed by atoms with Crippen molar-refractivity contribution in [2.45, 2.75) is 38.4 Å². The highest BCUT2D eigenvalue weighted by Crippen LogP contribution is 2.22. The Morgan fingerprint density at radius 3 is 2.33 bits per heavy atom. The molecule has 1 fully saturated rings. The summed E-state index contributed by atoms with van der Waals surface area (Å²) in [5.41, 5.74) is 2.44. The summed E-state index contributed by atoms with van der Waals surface area (Å²) in [5.74, 6) is 0.922. The van der Waals surface area contributed by atoms with E-state index in [0.29, 0.717) is 0 Å². The number of unbranched alkanes of at least 4 members (excludes halogenated alkanes) is 1. The summed E-state index contributed by atoms with van der Waals surface area (Å²) in [7, 11) is 0. The first kappa shape index (κ1) is 17.0. The van der Waals surface area contributed by atoms with Crippen LogP contribution in [0.1, 0.15) is 32.1 Å². The Kier molecular flexibility index (Phi) is 6.70. The van der Waals surface area contributed by atoms with Crippen LogP contribution < -0.4 is 4.74 Å². The lowest BCUT2D eigenvalue weighted by Crippen LogP contribution is -2.22. The third-order valence-corrected chi connectivity index (χ3v) is 4.21. The number of hydrogen-bond donors (Lipinski definition) is 0. The van der Waals surface area contributed by atoms with Crippen LogP contribution in [0.25, 0.3) is 11.1 Å². The molecule has 128 valence electrons. The Bertz CT molecular complexity index is 574. The van der Waals surface area contributed by atoms with E-state index in [1.54, 1.807) is 0 Å². The molecule has 2 aromatic rings. The molecular formula is C21H26O3. The molecule has 3 nitrogen and oxygen atoms in total. The fourth-order valence-corrected chi connectivity index (χ4v) is 2.83. The van der Waals surface area contributed by atoms with Gasteiger partial charge >= 0.3 is 0 Å². The highest BCUT2D eigenvalue weighted by Gasteiger charge is 2.13. The van der Waals surface area contributed by atoms with E-state index in [1.165, 1.54) is 17.5 Å². The van der Waals surface area contributed by atoms with Gasteiger partial charge in [0, 0.05) is 13.2 Å². The lowest BCUT2D eigenvalue weighted by molar-refractivity contribution is -0.162. The highest BCUT2D eigenvalue weighted by atomic mass is 16.7. The third-order valence-electron chi connectivity index (χ3n) is 4.21. The Balaban J connectivity index is 1.32. The summed E-state index contributed by atoms with van der Waals surface area (Å²) in [6, 6.07) is 18.7. The van der Waals surface area contributed by atoms with Gasteiger partial charge in [0.1, 0.15) is 5.75 Å². The second-order valence-corrected chi connectivity index (χ2v) is 6.11. The Morgan fingerprint density at radius 2 is 1.58 bits per heavy atom. The van der Waals surface area contributed by atoms with E-state index in [9.17, 15) is 0 Å². The molecule has 0 spiro atoms. The summed E-state index contributed by atoms with van der Waals surface area (Å²) in [4.78, 5) is 0. The van der Waals surface area contributed by atoms with Gasteiger partial charge in [0.15, 0.2) is 6.29 Å². The van der Waals surface area contributed by atoms with Crippen molar-refractivity contribution in [1.29, 1.82) is 0 Å². The quantitative estimate of drug-likeness (QED) is 0.635. The predicted octanol–water partition coefficient (Wildman–Crippen LogP) is 5.06. The van der Waals surface area contributed by atoms with Gasteiger partial charge in [0.05, 0.1) is 6.61 Å². The van der Waals surface area contributed by atoms with E-state index in [4.69, 9.17) is 14.2 Å². The van der Waals surface area contributed by atoms with Crippen LogP contribution >= 0.6 is 0 Å². The van der Waals surface area contributed by atoms with Gasteiger partial charge in [0.25, 0.3) is 0 Å². The molecule has 0 radical (unpaired) electrons. The summed E-state index contributed by atoms with van der Waals surface area (Å²) < 4.78 is 17.1. The van der Waals surface area contributed by atoms with E-state index in [-0.39, 0.29) is 6.29 Å². The second kappa shape index (κ2) is 9.45. The molecule has 24 heavy (non-hydrogen) atoms. The molecule has 1 atom stereocenters. The van der Waals surface area contributed by atoms with Gasteiger partial charge in [0.2, 0.25) is 0 Å². The van der Waals surface area contributed by atoms with Crippen molar-refractivity contribution in [3.8, 4) is 16.9 Å². The molecule has 0 aliphatic carbocycles. The van der Waals surface area contributed by atoms with Gasteiger partial charge in [-0.15, -0.1) is 0 Å². The van der Waals surface area contributed by atoms with Gasteiger partial charge < -0.3 is 14.2 Å².